The lowest BCUT2D eigenvalue weighted by atomic mass is 9.97. The average Bonchev–Trinajstić information content (AvgIpc) is 3.44. The number of aromatic nitrogens is 2. The van der Waals surface area contributed by atoms with E-state index in [0.717, 1.165) is 60.5 Å². The van der Waals surface area contributed by atoms with Crippen molar-refractivity contribution < 1.29 is 14.6 Å². The first-order chi connectivity index (χ1) is 16.4. The summed E-state index contributed by atoms with van der Waals surface area (Å²) in [5, 5.41) is 18.2. The molecule has 0 bridgehead atoms. The van der Waals surface area contributed by atoms with E-state index in [0.29, 0.717) is 19.6 Å². The van der Waals surface area contributed by atoms with Crippen LogP contribution in [0, 0.1) is 0 Å². The maximum atomic E-state index is 13.2. The maximum absolute atomic E-state index is 13.2. The van der Waals surface area contributed by atoms with Crippen LogP contribution in [0.15, 0.2) is 42.5 Å². The second kappa shape index (κ2) is 7.48. The van der Waals surface area contributed by atoms with Crippen LogP contribution in [0.5, 0.6) is 5.75 Å². The third-order valence-corrected chi connectivity index (χ3v) is 7.08. The van der Waals surface area contributed by atoms with E-state index in [-0.39, 0.29) is 5.91 Å². The first kappa shape index (κ1) is 21.0. The Kier molecular flexibility index (Phi) is 4.62. The van der Waals surface area contributed by atoms with Crippen molar-refractivity contribution in [1.82, 2.24) is 19.4 Å². The lowest BCUT2D eigenvalue weighted by molar-refractivity contribution is 0.0967. The van der Waals surface area contributed by atoms with Crippen LogP contribution in [-0.4, -0.2) is 58.9 Å². The summed E-state index contributed by atoms with van der Waals surface area (Å²) in [6.07, 6.45) is -0.567. The number of nitrogens with zero attached hydrogens (tertiary/aromatic N) is 3. The summed E-state index contributed by atoms with van der Waals surface area (Å²) in [6, 6.07) is 14.3. The molecule has 2 aromatic heterocycles. The number of rotatable bonds is 5. The number of carbonyl (C=O) groups is 1. The van der Waals surface area contributed by atoms with E-state index in [9.17, 15) is 9.90 Å². The van der Waals surface area contributed by atoms with E-state index in [1.54, 1.807) is 7.11 Å². The largest absolute Gasteiger partial charge is 0.497 e. The average molecular weight is 457 g/mol. The molecule has 1 amide bonds. The van der Waals surface area contributed by atoms with Crippen LogP contribution in [0.1, 0.15) is 15.9 Å². The van der Waals surface area contributed by atoms with Crippen molar-refractivity contribution in [2.24, 2.45) is 7.05 Å². The Labute approximate surface area is 197 Å². The van der Waals surface area contributed by atoms with Gasteiger partial charge in [-0.1, -0.05) is 18.2 Å². The lowest BCUT2D eigenvalue weighted by Gasteiger charge is -2.18. The highest BCUT2D eigenvalue weighted by Gasteiger charge is 2.32. The van der Waals surface area contributed by atoms with Crippen molar-refractivity contribution in [3.05, 3.63) is 53.6 Å². The molecule has 6 rings (SSSR count). The minimum atomic E-state index is -0.567. The number of ether oxygens (including phenoxy) is 1. The fourth-order valence-electron chi connectivity index (χ4n) is 5.78. The number of nitrogens with one attached hydrogen (secondary N) is 1. The fourth-order valence-corrected chi connectivity index (χ4v) is 5.78. The van der Waals surface area contributed by atoms with Crippen LogP contribution in [0.25, 0.3) is 43.6 Å². The number of fused-ring (bicyclic) bond motifs is 10. The van der Waals surface area contributed by atoms with Crippen molar-refractivity contribution in [3.63, 3.8) is 0 Å². The molecular formula is C27H28N4O3. The quantitative estimate of drug-likeness (QED) is 0.424. The molecule has 0 fully saturated rings. The van der Waals surface area contributed by atoms with Gasteiger partial charge >= 0.3 is 0 Å². The van der Waals surface area contributed by atoms with Gasteiger partial charge in [0.25, 0.3) is 5.91 Å². The molecule has 34 heavy (non-hydrogen) atoms. The molecule has 1 unspecified atom stereocenters. The molecule has 7 heteroatoms. The summed E-state index contributed by atoms with van der Waals surface area (Å²) in [5.74, 6) is 0.690. The first-order valence-electron chi connectivity index (χ1n) is 11.5. The monoisotopic (exact) mass is 456 g/mol. The number of methoxy groups -OCH3 is 1. The number of amides is 1. The van der Waals surface area contributed by atoms with E-state index < -0.39 is 6.10 Å². The third kappa shape index (κ3) is 2.80. The van der Waals surface area contributed by atoms with Gasteiger partial charge in [0.2, 0.25) is 0 Å². The number of carbonyl (C=O) groups excluding carboxylic acids is 1. The first-order valence-corrected chi connectivity index (χ1v) is 11.5. The zero-order chi connectivity index (χ0) is 23.7. The molecule has 5 aromatic rings. The summed E-state index contributed by atoms with van der Waals surface area (Å²) in [4.78, 5) is 15.2. The number of para-hydroxylation sites is 1. The summed E-state index contributed by atoms with van der Waals surface area (Å²) >= 11 is 0. The van der Waals surface area contributed by atoms with Gasteiger partial charge in [0.15, 0.2) is 0 Å². The Morgan fingerprint density at radius 3 is 2.65 bits per heavy atom. The highest BCUT2D eigenvalue weighted by Crippen LogP contribution is 2.45. The smallest absolute Gasteiger partial charge is 0.252 e. The number of benzene rings is 3. The van der Waals surface area contributed by atoms with Crippen LogP contribution >= 0.6 is 0 Å². The van der Waals surface area contributed by atoms with Gasteiger partial charge in [-0.05, 0) is 43.9 Å². The minimum absolute atomic E-state index is 0.0504. The zero-order valence-corrected chi connectivity index (χ0v) is 19.8. The van der Waals surface area contributed by atoms with Gasteiger partial charge in [-0.25, -0.2) is 0 Å². The second-order valence-corrected chi connectivity index (χ2v) is 9.47. The van der Waals surface area contributed by atoms with Crippen LogP contribution in [0.4, 0.5) is 0 Å². The van der Waals surface area contributed by atoms with Crippen LogP contribution < -0.4 is 10.1 Å². The van der Waals surface area contributed by atoms with Gasteiger partial charge in [0.05, 0.1) is 36.4 Å². The van der Waals surface area contributed by atoms with E-state index in [4.69, 9.17) is 4.74 Å². The van der Waals surface area contributed by atoms with Crippen molar-refractivity contribution >= 4 is 49.5 Å². The van der Waals surface area contributed by atoms with Gasteiger partial charge in [-0.3, -0.25) is 4.79 Å². The summed E-state index contributed by atoms with van der Waals surface area (Å²) in [7, 11) is 7.65. The Morgan fingerprint density at radius 2 is 1.88 bits per heavy atom. The van der Waals surface area contributed by atoms with E-state index in [1.807, 2.05) is 49.3 Å². The second-order valence-electron chi connectivity index (χ2n) is 9.47. The molecule has 0 saturated heterocycles. The van der Waals surface area contributed by atoms with Crippen molar-refractivity contribution in [2.75, 3.05) is 27.7 Å². The highest BCUT2D eigenvalue weighted by atomic mass is 16.5. The standard InChI is InChI=1S/C27H28N4O3/c1-29(2)13-15(32)14-31-21-10-9-16(34-4)11-18(21)23-24-19(12-28-27(24)33)22-17-7-5-6-8-20(17)30(3)25(22)26(23)31/h5-11,15,32H,12-14H2,1-4H3,(H,28,33). The molecule has 2 N–H and O–H groups in total. The Hall–Kier alpha value is -3.55. The van der Waals surface area contributed by atoms with Crippen LogP contribution in [-0.2, 0) is 20.1 Å². The van der Waals surface area contributed by atoms with Gasteiger partial charge in [0, 0.05) is 52.7 Å². The summed E-state index contributed by atoms with van der Waals surface area (Å²) < 4.78 is 9.96. The number of hydrogen-bond donors (Lipinski definition) is 2. The maximum Gasteiger partial charge on any atom is 0.252 e. The van der Waals surface area contributed by atoms with Gasteiger partial charge in [-0.2, -0.15) is 0 Å². The molecule has 3 heterocycles. The van der Waals surface area contributed by atoms with E-state index in [2.05, 4.69) is 33.6 Å². The fraction of sp³-hybridized carbons (Fsp3) is 0.296. The Balaban J connectivity index is 1.85. The number of hydrogen-bond acceptors (Lipinski definition) is 4. The van der Waals surface area contributed by atoms with Gasteiger partial charge in [-0.15, -0.1) is 0 Å². The normalized spacial score (nSPS) is 14.6. The van der Waals surface area contributed by atoms with Gasteiger partial charge in [0.1, 0.15) is 5.75 Å². The molecule has 0 saturated carbocycles. The zero-order valence-electron chi connectivity index (χ0n) is 19.8. The molecular weight excluding hydrogens is 428 g/mol. The van der Waals surface area contributed by atoms with E-state index in [1.165, 1.54) is 0 Å². The minimum Gasteiger partial charge on any atom is -0.497 e. The molecule has 0 aliphatic carbocycles. The molecule has 7 nitrogen and oxygen atoms in total. The molecule has 0 radical (unpaired) electrons. The van der Waals surface area contributed by atoms with Crippen molar-refractivity contribution in [2.45, 2.75) is 19.2 Å². The molecule has 1 aliphatic heterocycles. The Morgan fingerprint density at radius 1 is 1.09 bits per heavy atom. The van der Waals surface area contributed by atoms with E-state index >= 15 is 0 Å². The Bertz CT molecular complexity index is 1630. The predicted octanol–water partition coefficient (Wildman–Crippen LogP) is 3.61. The van der Waals surface area contributed by atoms with Crippen LogP contribution in [0.3, 0.4) is 0 Å². The lowest BCUT2D eigenvalue weighted by Crippen LogP contribution is -2.29. The number of aryl methyl sites for hydroxylation is 1. The molecule has 174 valence electrons. The van der Waals surface area contributed by atoms with Crippen molar-refractivity contribution in [3.8, 4) is 5.75 Å². The topological polar surface area (TPSA) is 71.7 Å². The predicted molar refractivity (Wildman–Crippen MR) is 136 cm³/mol. The highest BCUT2D eigenvalue weighted by molar-refractivity contribution is 6.30. The molecule has 1 atom stereocenters. The summed E-state index contributed by atoms with van der Waals surface area (Å²) in [5.41, 5.74) is 5.94. The molecule has 3 aromatic carbocycles. The molecule has 0 spiro atoms. The number of aliphatic hydroxyl groups excluding tert-OH is 1. The number of likely N-dealkylation sites (N-methyl/N-ethyl adjacent to an activating group) is 1. The van der Waals surface area contributed by atoms with Crippen LogP contribution in [0.2, 0.25) is 0 Å². The molecule has 1 aliphatic rings. The third-order valence-electron chi connectivity index (χ3n) is 7.08. The summed E-state index contributed by atoms with van der Waals surface area (Å²) in [6.45, 7) is 1.47. The number of aliphatic hydroxyl groups is 1. The van der Waals surface area contributed by atoms with Crippen molar-refractivity contribution in [1.29, 1.82) is 0 Å². The van der Waals surface area contributed by atoms with Gasteiger partial charge < -0.3 is 29.2 Å². The SMILES string of the molecule is COc1ccc2c(c1)c1c3c(c4c5ccccc5n(C)c4c1n2CC(O)CN(C)C)CNC3=O.